The van der Waals surface area contributed by atoms with Crippen LogP contribution in [0.2, 0.25) is 0 Å². The van der Waals surface area contributed by atoms with E-state index in [4.69, 9.17) is 0 Å². The monoisotopic (exact) mass is 834 g/mol. The van der Waals surface area contributed by atoms with Crippen LogP contribution < -0.4 is 91.0 Å². The molecular weight excluding hydrogens is 807 g/mol. The Bertz CT molecular complexity index is 2540. The molecule has 0 aliphatic carbocycles. The number of benzene rings is 5. The molecule has 0 aliphatic heterocycles. The molecule has 7 aromatic rings. The zero-order valence-electron chi connectivity index (χ0n) is 30.7. The van der Waals surface area contributed by atoms with E-state index in [9.17, 15) is 25.9 Å². The molecule has 0 aliphatic rings. The molecule has 7 rings (SSSR count). The van der Waals surface area contributed by atoms with Gasteiger partial charge in [-0.05, 0) is 84.9 Å². The van der Waals surface area contributed by atoms with Gasteiger partial charge in [-0.1, -0.05) is 48.5 Å². The van der Waals surface area contributed by atoms with Gasteiger partial charge in [-0.2, -0.15) is 29.9 Å². The van der Waals surface area contributed by atoms with Crippen LogP contribution in [0.25, 0.3) is 0 Å². The van der Waals surface area contributed by atoms with Gasteiger partial charge in [0.2, 0.25) is 35.7 Å². The van der Waals surface area contributed by atoms with Gasteiger partial charge in [0.15, 0.2) is 0 Å². The molecule has 0 atom stereocenters. The number of nitrogens with one attached hydrogen (secondary N) is 6. The number of hydrogen-bond donors (Lipinski definition) is 6. The summed E-state index contributed by atoms with van der Waals surface area (Å²) >= 11 is 0. The minimum absolute atomic E-state index is 0. The molecule has 5 aromatic carbocycles. The number of nitrogens with zero attached hydrogens (tertiary/aromatic N) is 6. The summed E-state index contributed by atoms with van der Waals surface area (Å²) < 4.78 is 69.5. The zero-order valence-corrected chi connectivity index (χ0v) is 36.3. The van der Waals surface area contributed by atoms with E-state index in [-0.39, 0.29) is 106 Å². The fraction of sp³-hybridized carbons (Fsp3) is 0. The summed E-state index contributed by atoms with van der Waals surface area (Å²) in [6.45, 7) is 0. The molecule has 0 bridgehead atoms. The summed E-state index contributed by atoms with van der Waals surface area (Å²) in [7, 11) is -9.39. The molecule has 58 heavy (non-hydrogen) atoms. The smallest absolute Gasteiger partial charge is 0.744 e. The number of anilines is 12. The van der Waals surface area contributed by atoms with Crippen molar-refractivity contribution in [3.63, 3.8) is 0 Å². The second-order valence-corrected chi connectivity index (χ2v) is 14.4. The molecule has 0 saturated carbocycles. The summed E-state index contributed by atoms with van der Waals surface area (Å²) in [5.41, 5.74) is 3.10. The van der Waals surface area contributed by atoms with Gasteiger partial charge < -0.3 is 41.0 Å². The van der Waals surface area contributed by atoms with E-state index in [1.165, 1.54) is 36.4 Å². The molecule has 18 nitrogen and oxygen atoms in total. The molecule has 0 fully saturated rings. The molecule has 2 heterocycles. The van der Waals surface area contributed by atoms with Gasteiger partial charge in [0.1, 0.15) is 20.2 Å². The third kappa shape index (κ3) is 12.4. The average molecular weight is 835 g/mol. The summed E-state index contributed by atoms with van der Waals surface area (Å²) in [5.74, 6) is 0.714. The van der Waals surface area contributed by atoms with E-state index in [0.717, 1.165) is 0 Å². The fourth-order valence-electron chi connectivity index (χ4n) is 5.00. The van der Waals surface area contributed by atoms with Crippen LogP contribution >= 0.6 is 0 Å². The largest absolute Gasteiger partial charge is 1.00 e. The molecule has 0 saturated heterocycles. The summed E-state index contributed by atoms with van der Waals surface area (Å²) in [4.78, 5) is 25.8. The summed E-state index contributed by atoms with van der Waals surface area (Å²) in [5, 5.41) is 18.3. The van der Waals surface area contributed by atoms with Crippen LogP contribution in [0.15, 0.2) is 143 Å². The maximum Gasteiger partial charge on any atom is 1.00 e. The van der Waals surface area contributed by atoms with E-state index in [2.05, 4.69) is 61.8 Å². The fourth-order valence-corrected chi connectivity index (χ4v) is 6.03. The number of rotatable bonds is 14. The van der Waals surface area contributed by atoms with Crippen molar-refractivity contribution in [2.75, 3.05) is 31.9 Å². The van der Waals surface area contributed by atoms with Crippen LogP contribution in [-0.4, -0.2) is 55.8 Å². The minimum Gasteiger partial charge on any atom is -0.744 e. The quantitative estimate of drug-likeness (QED) is 0.0637. The Labute approximate surface area is 376 Å². The van der Waals surface area contributed by atoms with Crippen LogP contribution in [0, 0.1) is 0 Å². The van der Waals surface area contributed by atoms with Crippen LogP contribution in [0.1, 0.15) is 0 Å². The Kier molecular flexibility index (Phi) is 14.7. The Morgan fingerprint density at radius 1 is 0.328 bits per heavy atom. The Morgan fingerprint density at radius 2 is 0.569 bits per heavy atom. The van der Waals surface area contributed by atoms with E-state index in [1.54, 1.807) is 36.4 Å². The first-order valence-electron chi connectivity index (χ1n) is 16.4. The van der Waals surface area contributed by atoms with E-state index in [0.29, 0.717) is 22.7 Å². The zero-order chi connectivity index (χ0) is 39.1. The van der Waals surface area contributed by atoms with Crippen LogP contribution in [0.4, 0.5) is 69.8 Å². The molecular formula is C36H28N12Na2O6S2. The minimum atomic E-state index is -4.69. The Balaban J connectivity index is 0.00000320. The average Bonchev–Trinajstić information content (AvgIpc) is 3.16. The molecule has 0 unspecified atom stereocenters. The van der Waals surface area contributed by atoms with Crippen molar-refractivity contribution in [2.45, 2.75) is 9.79 Å². The van der Waals surface area contributed by atoms with Crippen molar-refractivity contribution < 1.29 is 85.1 Å². The molecule has 0 spiro atoms. The van der Waals surface area contributed by atoms with E-state index in [1.807, 2.05) is 60.7 Å². The van der Waals surface area contributed by atoms with Crippen molar-refractivity contribution >= 4 is 90.1 Å². The van der Waals surface area contributed by atoms with E-state index >= 15 is 0 Å². The number of para-hydroxylation sites is 2. The van der Waals surface area contributed by atoms with Gasteiger partial charge >= 0.3 is 59.1 Å². The Hall–Kier alpha value is -5.26. The van der Waals surface area contributed by atoms with Crippen molar-refractivity contribution in [2.24, 2.45) is 0 Å². The van der Waals surface area contributed by atoms with Gasteiger partial charge in [-0.15, -0.1) is 0 Å². The third-order valence-electron chi connectivity index (χ3n) is 7.49. The molecule has 22 heteroatoms. The van der Waals surface area contributed by atoms with E-state index < -0.39 is 30.0 Å². The SMILES string of the molecule is O=S(=O)([O-])c1cccc(Nc2nc(Nc3ccccc3)nc(Nc3ccc(Nc4nc(Nc5ccccc5)nc(Nc5cccc(S(=O)(=O)[O-])c5)n4)cc3)n2)c1.[Na+].[Na+]. The normalized spacial score (nSPS) is 10.9. The summed E-state index contributed by atoms with van der Waals surface area (Å²) in [6, 6.07) is 36.0. The predicted octanol–water partition coefficient (Wildman–Crippen LogP) is 0.334. The standard InChI is InChI=1S/C36H30N12O6S2.2Na/c49-55(50,51)29-15-7-13-27(21-29)41-35-45-31(37-23-9-3-1-4-10-23)43-33(47-35)39-25-17-19-26(20-18-25)40-34-44-32(38-24-11-5-2-6-12-24)46-36(48-34)42-28-14-8-16-30(22-28)56(52,53)54;;/h1-22H,(H,49,50,51)(H,52,53,54)(H3,37,39,41,43,45,47)(H3,38,40,42,44,46,48);;/q;2*+1/p-2. The second-order valence-electron chi connectivity index (χ2n) is 11.6. The first-order chi connectivity index (χ1) is 26.9. The number of aromatic nitrogens is 6. The second kappa shape index (κ2) is 19.5. The predicted molar refractivity (Wildman–Crippen MR) is 207 cm³/mol. The maximum atomic E-state index is 11.6. The van der Waals surface area contributed by atoms with Crippen LogP contribution in [0.3, 0.4) is 0 Å². The van der Waals surface area contributed by atoms with Gasteiger partial charge in [0, 0.05) is 34.1 Å². The van der Waals surface area contributed by atoms with Crippen molar-refractivity contribution in [3.05, 3.63) is 133 Å². The van der Waals surface area contributed by atoms with Gasteiger partial charge in [-0.3, -0.25) is 0 Å². The number of hydrogen-bond acceptors (Lipinski definition) is 18. The van der Waals surface area contributed by atoms with Gasteiger partial charge in [0.25, 0.3) is 0 Å². The van der Waals surface area contributed by atoms with Gasteiger partial charge in [0.05, 0.1) is 9.79 Å². The van der Waals surface area contributed by atoms with Gasteiger partial charge in [-0.25, -0.2) is 16.8 Å². The first kappa shape index (κ1) is 43.9. The topological polar surface area (TPSA) is 264 Å². The Morgan fingerprint density at radius 3 is 0.845 bits per heavy atom. The molecule has 0 radical (unpaired) electrons. The summed E-state index contributed by atoms with van der Waals surface area (Å²) in [6.07, 6.45) is 0. The molecule has 0 amide bonds. The first-order valence-corrected chi connectivity index (χ1v) is 19.2. The van der Waals surface area contributed by atoms with Crippen molar-refractivity contribution in [3.8, 4) is 0 Å². The third-order valence-corrected chi connectivity index (χ3v) is 9.15. The maximum absolute atomic E-state index is 11.6. The van der Waals surface area contributed by atoms with Crippen LogP contribution in [0.5, 0.6) is 0 Å². The molecule has 282 valence electrons. The van der Waals surface area contributed by atoms with Crippen LogP contribution in [-0.2, 0) is 20.2 Å². The molecule has 6 N–H and O–H groups in total. The van der Waals surface area contributed by atoms with Crippen molar-refractivity contribution in [1.82, 2.24) is 29.9 Å². The molecule has 2 aromatic heterocycles. The van der Waals surface area contributed by atoms with Crippen molar-refractivity contribution in [1.29, 1.82) is 0 Å².